The monoisotopic (exact) mass is 367 g/mol. The van der Waals surface area contributed by atoms with Crippen molar-refractivity contribution in [1.29, 1.82) is 0 Å². The van der Waals surface area contributed by atoms with Crippen LogP contribution in [0.25, 0.3) is 5.69 Å². The minimum absolute atomic E-state index is 0.138. The molecule has 1 N–H and O–H groups in total. The molecule has 0 spiro atoms. The Morgan fingerprint density at radius 1 is 1.15 bits per heavy atom. The molecular formula is C21H22FN3O2. The number of hydrogen-bond acceptors (Lipinski definition) is 3. The van der Waals surface area contributed by atoms with E-state index in [4.69, 9.17) is 4.74 Å². The summed E-state index contributed by atoms with van der Waals surface area (Å²) in [5.74, 6) is 0.481. The van der Waals surface area contributed by atoms with Crippen LogP contribution in [0.3, 0.4) is 0 Å². The zero-order valence-electron chi connectivity index (χ0n) is 15.6. The Kier molecular flexibility index (Phi) is 5.54. The van der Waals surface area contributed by atoms with Gasteiger partial charge in [-0.1, -0.05) is 12.1 Å². The molecule has 6 heteroatoms. The molecule has 0 radical (unpaired) electrons. The summed E-state index contributed by atoms with van der Waals surface area (Å²) in [6.07, 6.45) is 0.688. The predicted octanol–water partition coefficient (Wildman–Crippen LogP) is 3.67. The van der Waals surface area contributed by atoms with Gasteiger partial charge in [0, 0.05) is 18.0 Å². The number of methoxy groups -OCH3 is 1. The topological polar surface area (TPSA) is 59.4 Å². The van der Waals surface area contributed by atoms with E-state index in [9.17, 15) is 9.18 Å². The van der Waals surface area contributed by atoms with E-state index in [0.29, 0.717) is 24.2 Å². The molecule has 140 valence electrons. The van der Waals surface area contributed by atoms with Crippen molar-refractivity contribution < 1.29 is 9.13 Å². The third-order valence-corrected chi connectivity index (χ3v) is 4.43. The van der Waals surface area contributed by atoms with Crippen LogP contribution in [0.2, 0.25) is 0 Å². The minimum Gasteiger partial charge on any atom is -0.497 e. The van der Waals surface area contributed by atoms with Crippen molar-refractivity contribution in [2.24, 2.45) is 4.99 Å². The lowest BCUT2D eigenvalue weighted by atomic mass is 10.1. The van der Waals surface area contributed by atoms with Gasteiger partial charge < -0.3 is 4.74 Å². The van der Waals surface area contributed by atoms with E-state index in [0.717, 1.165) is 22.7 Å². The zero-order valence-corrected chi connectivity index (χ0v) is 15.6. The summed E-state index contributed by atoms with van der Waals surface area (Å²) >= 11 is 0. The van der Waals surface area contributed by atoms with E-state index in [2.05, 4.69) is 10.1 Å². The van der Waals surface area contributed by atoms with Crippen molar-refractivity contribution in [3.63, 3.8) is 0 Å². The van der Waals surface area contributed by atoms with Gasteiger partial charge in [0.05, 0.1) is 18.4 Å². The predicted molar refractivity (Wildman–Crippen MR) is 105 cm³/mol. The van der Waals surface area contributed by atoms with Crippen molar-refractivity contribution in [3.05, 3.63) is 81.5 Å². The fourth-order valence-electron chi connectivity index (χ4n) is 2.97. The van der Waals surface area contributed by atoms with Gasteiger partial charge in [0.1, 0.15) is 11.6 Å². The number of H-pyrrole nitrogens is 1. The first kappa shape index (κ1) is 18.6. The van der Waals surface area contributed by atoms with Crippen molar-refractivity contribution in [2.75, 3.05) is 13.7 Å². The molecule has 1 aromatic heterocycles. The second-order valence-corrected chi connectivity index (χ2v) is 6.29. The number of aromatic nitrogens is 2. The first-order valence-corrected chi connectivity index (χ1v) is 8.71. The number of benzene rings is 2. The van der Waals surface area contributed by atoms with Crippen LogP contribution in [0.5, 0.6) is 5.75 Å². The molecule has 5 nitrogen and oxygen atoms in total. The van der Waals surface area contributed by atoms with Gasteiger partial charge in [-0.3, -0.25) is 14.9 Å². The van der Waals surface area contributed by atoms with Crippen molar-refractivity contribution >= 4 is 5.71 Å². The molecule has 0 atom stereocenters. The average Bonchev–Trinajstić information content (AvgIpc) is 2.97. The summed E-state index contributed by atoms with van der Waals surface area (Å²) in [7, 11) is 1.60. The van der Waals surface area contributed by atoms with Crippen LogP contribution < -0.4 is 10.3 Å². The van der Waals surface area contributed by atoms with E-state index in [-0.39, 0.29) is 11.4 Å². The quantitative estimate of drug-likeness (QED) is 0.676. The summed E-state index contributed by atoms with van der Waals surface area (Å²) in [6.45, 7) is 4.22. The Morgan fingerprint density at radius 3 is 2.44 bits per heavy atom. The molecular weight excluding hydrogens is 345 g/mol. The van der Waals surface area contributed by atoms with E-state index in [1.54, 1.807) is 31.4 Å². The van der Waals surface area contributed by atoms with Crippen molar-refractivity contribution in [3.8, 4) is 11.4 Å². The highest BCUT2D eigenvalue weighted by Crippen LogP contribution is 2.14. The first-order valence-electron chi connectivity index (χ1n) is 8.71. The number of aryl methyl sites for hydroxylation is 1. The summed E-state index contributed by atoms with van der Waals surface area (Å²) in [6, 6.07) is 13.6. The molecule has 3 aromatic rings. The van der Waals surface area contributed by atoms with Gasteiger partial charge in [-0.05, 0) is 62.2 Å². The van der Waals surface area contributed by atoms with Gasteiger partial charge in [0.2, 0.25) is 0 Å². The smallest absolute Gasteiger partial charge is 0.280 e. The van der Waals surface area contributed by atoms with E-state index in [1.165, 1.54) is 16.8 Å². The first-order chi connectivity index (χ1) is 13.0. The number of ether oxygens (including phenoxy) is 1. The number of rotatable bonds is 6. The summed E-state index contributed by atoms with van der Waals surface area (Å²) in [5.41, 5.74) is 3.62. The number of nitrogens with zero attached hydrogens (tertiary/aromatic N) is 2. The highest BCUT2D eigenvalue weighted by atomic mass is 19.1. The third-order valence-electron chi connectivity index (χ3n) is 4.43. The van der Waals surface area contributed by atoms with Crippen LogP contribution in [0.1, 0.15) is 23.7 Å². The van der Waals surface area contributed by atoms with Gasteiger partial charge in [-0.15, -0.1) is 0 Å². The lowest BCUT2D eigenvalue weighted by Crippen LogP contribution is -2.19. The Balaban J connectivity index is 1.80. The molecule has 0 saturated carbocycles. The minimum atomic E-state index is -0.250. The highest BCUT2D eigenvalue weighted by Gasteiger charge is 2.14. The zero-order chi connectivity index (χ0) is 19.4. The van der Waals surface area contributed by atoms with Gasteiger partial charge in [0.15, 0.2) is 0 Å². The van der Waals surface area contributed by atoms with E-state index >= 15 is 0 Å². The van der Waals surface area contributed by atoms with E-state index in [1.807, 2.05) is 26.0 Å². The van der Waals surface area contributed by atoms with Gasteiger partial charge in [-0.25, -0.2) is 9.07 Å². The SMILES string of the molecule is COc1ccc(-n2[nH]c(C)c(C(C)=NCCc3ccc(F)cc3)c2=O)cc1. The van der Waals surface area contributed by atoms with Gasteiger partial charge in [-0.2, -0.15) is 0 Å². The largest absolute Gasteiger partial charge is 0.497 e. The number of halogens is 1. The molecule has 2 aromatic carbocycles. The second-order valence-electron chi connectivity index (χ2n) is 6.29. The van der Waals surface area contributed by atoms with Gasteiger partial charge >= 0.3 is 0 Å². The van der Waals surface area contributed by atoms with Crippen LogP contribution in [-0.2, 0) is 6.42 Å². The second kappa shape index (κ2) is 8.03. The maximum absolute atomic E-state index is 13.0. The highest BCUT2D eigenvalue weighted by molar-refractivity contribution is 5.99. The van der Waals surface area contributed by atoms with Crippen molar-refractivity contribution in [1.82, 2.24) is 9.78 Å². The lowest BCUT2D eigenvalue weighted by molar-refractivity contribution is 0.414. The Hall–Kier alpha value is -3.15. The molecule has 0 amide bonds. The standard InChI is InChI=1S/C21H22FN3O2/c1-14(23-13-12-16-4-6-17(22)7-5-16)20-15(2)24-25(21(20)26)18-8-10-19(27-3)11-9-18/h4-11,24H,12-13H2,1-3H3. The molecule has 1 heterocycles. The summed E-state index contributed by atoms with van der Waals surface area (Å²) in [5, 5.41) is 3.10. The number of hydrogen-bond donors (Lipinski definition) is 1. The molecule has 0 bridgehead atoms. The fraction of sp³-hybridized carbons (Fsp3) is 0.238. The molecule has 0 unspecified atom stereocenters. The maximum atomic E-state index is 13.0. The van der Waals surface area contributed by atoms with Crippen LogP contribution in [0, 0.1) is 12.7 Å². The van der Waals surface area contributed by atoms with Crippen LogP contribution in [-0.4, -0.2) is 29.1 Å². The third kappa shape index (κ3) is 4.16. The maximum Gasteiger partial charge on any atom is 0.280 e. The molecule has 0 saturated heterocycles. The number of aliphatic imine (C=N–C) groups is 1. The molecule has 0 aliphatic rings. The molecule has 0 aliphatic heterocycles. The Labute approximate surface area is 157 Å². The summed E-state index contributed by atoms with van der Waals surface area (Å²) in [4.78, 5) is 17.4. The van der Waals surface area contributed by atoms with Crippen molar-refractivity contribution in [2.45, 2.75) is 20.3 Å². The Morgan fingerprint density at radius 2 is 1.81 bits per heavy atom. The lowest BCUT2D eigenvalue weighted by Gasteiger charge is -2.03. The number of nitrogens with one attached hydrogen (secondary N) is 1. The molecule has 0 aliphatic carbocycles. The molecule has 0 fully saturated rings. The van der Waals surface area contributed by atoms with Crippen LogP contribution in [0.4, 0.5) is 4.39 Å². The average molecular weight is 367 g/mol. The van der Waals surface area contributed by atoms with Gasteiger partial charge in [0.25, 0.3) is 5.56 Å². The normalized spacial score (nSPS) is 11.6. The molecule has 27 heavy (non-hydrogen) atoms. The van der Waals surface area contributed by atoms with E-state index < -0.39 is 0 Å². The molecule has 3 rings (SSSR count). The van der Waals surface area contributed by atoms with Crippen LogP contribution in [0.15, 0.2) is 58.3 Å². The van der Waals surface area contributed by atoms with Crippen LogP contribution >= 0.6 is 0 Å². The summed E-state index contributed by atoms with van der Waals surface area (Å²) < 4.78 is 19.6. The number of aromatic amines is 1. The Bertz CT molecular complexity index is 999. The fourth-order valence-corrected chi connectivity index (χ4v) is 2.97.